The first-order valence-electron chi connectivity index (χ1n) is 10.5. The molecule has 2 fully saturated rings. The van der Waals surface area contributed by atoms with Crippen molar-refractivity contribution in [3.8, 4) is 0 Å². The lowest BCUT2D eigenvalue weighted by atomic mass is 9.47. The number of nitrogens with zero attached hydrogens (tertiary/aromatic N) is 1. The van der Waals surface area contributed by atoms with Crippen molar-refractivity contribution in [1.82, 2.24) is 4.98 Å². The minimum Gasteiger partial charge on any atom is -0.393 e. The van der Waals surface area contributed by atoms with E-state index in [-0.39, 0.29) is 6.10 Å². The van der Waals surface area contributed by atoms with Crippen LogP contribution in [0.2, 0.25) is 0 Å². The van der Waals surface area contributed by atoms with Crippen LogP contribution in [0, 0.1) is 28.6 Å². The molecule has 0 spiro atoms. The summed E-state index contributed by atoms with van der Waals surface area (Å²) in [7, 11) is 0. The van der Waals surface area contributed by atoms with Gasteiger partial charge < -0.3 is 5.11 Å². The molecule has 4 aliphatic carbocycles. The highest BCUT2D eigenvalue weighted by atomic mass is 16.3. The van der Waals surface area contributed by atoms with Gasteiger partial charge in [-0.25, -0.2) is 0 Å². The van der Waals surface area contributed by atoms with Crippen LogP contribution in [-0.4, -0.2) is 16.2 Å². The highest BCUT2D eigenvalue weighted by molar-refractivity contribution is 5.72. The molecule has 1 N–H and O–H groups in total. The molecule has 2 saturated carbocycles. The average Bonchev–Trinajstić information content (AvgIpc) is 3.00. The normalized spacial score (nSPS) is 44.4. The van der Waals surface area contributed by atoms with Gasteiger partial charge in [-0.15, -0.1) is 0 Å². The highest BCUT2D eigenvalue weighted by Gasteiger charge is 2.56. The Hall–Kier alpha value is -1.41. The smallest absolute Gasteiger partial charge is 0.0577 e. The van der Waals surface area contributed by atoms with Crippen LogP contribution < -0.4 is 0 Å². The monoisotopic (exact) mass is 349 g/mol. The van der Waals surface area contributed by atoms with Gasteiger partial charge in [-0.3, -0.25) is 4.98 Å². The minimum atomic E-state index is -0.106. The molecule has 138 valence electrons. The molecule has 0 aliphatic heterocycles. The Labute approximate surface area is 157 Å². The van der Waals surface area contributed by atoms with Crippen LogP contribution in [0.15, 0.2) is 42.3 Å². The van der Waals surface area contributed by atoms with Gasteiger partial charge in [-0.1, -0.05) is 37.6 Å². The first-order valence-corrected chi connectivity index (χ1v) is 10.5. The summed E-state index contributed by atoms with van der Waals surface area (Å²) in [6, 6.07) is 4.31. The van der Waals surface area contributed by atoms with Crippen LogP contribution in [0.25, 0.3) is 5.57 Å². The molecule has 2 heteroatoms. The first-order chi connectivity index (χ1) is 12.5. The van der Waals surface area contributed by atoms with Gasteiger partial charge in [-0.2, -0.15) is 0 Å². The number of aromatic nitrogens is 1. The third-order valence-corrected chi connectivity index (χ3v) is 8.63. The Morgan fingerprint density at radius 3 is 2.69 bits per heavy atom. The molecular weight excluding hydrogens is 318 g/mol. The number of fused-ring (bicyclic) bond motifs is 5. The zero-order chi connectivity index (χ0) is 17.9. The van der Waals surface area contributed by atoms with E-state index in [0.29, 0.717) is 10.8 Å². The van der Waals surface area contributed by atoms with Gasteiger partial charge >= 0.3 is 0 Å². The Bertz CT molecular complexity index is 766. The fourth-order valence-electron chi connectivity index (χ4n) is 7.18. The molecule has 1 aromatic heterocycles. The second-order valence-corrected chi connectivity index (χ2v) is 9.71. The Morgan fingerprint density at radius 2 is 1.88 bits per heavy atom. The maximum Gasteiger partial charge on any atom is 0.0577 e. The van der Waals surface area contributed by atoms with Crippen molar-refractivity contribution in [3.63, 3.8) is 0 Å². The molecule has 0 aromatic carbocycles. The van der Waals surface area contributed by atoms with Crippen molar-refractivity contribution in [2.45, 2.75) is 64.9 Å². The van der Waals surface area contributed by atoms with Gasteiger partial charge in [0.05, 0.1) is 6.10 Å². The number of hydrogen-bond donors (Lipinski definition) is 1. The molecule has 0 amide bonds. The second-order valence-electron chi connectivity index (χ2n) is 9.71. The van der Waals surface area contributed by atoms with Gasteiger partial charge in [0.15, 0.2) is 0 Å². The molecule has 0 saturated heterocycles. The summed E-state index contributed by atoms with van der Waals surface area (Å²) in [6.07, 6.45) is 17.0. The molecule has 1 unspecified atom stereocenters. The quantitative estimate of drug-likeness (QED) is 0.689. The van der Waals surface area contributed by atoms with Crippen molar-refractivity contribution >= 4 is 5.57 Å². The Kier molecular flexibility index (Phi) is 3.73. The molecule has 6 atom stereocenters. The zero-order valence-electron chi connectivity index (χ0n) is 16.1. The Balaban J connectivity index is 1.48. The largest absolute Gasteiger partial charge is 0.393 e. The van der Waals surface area contributed by atoms with E-state index in [1.807, 2.05) is 12.4 Å². The van der Waals surface area contributed by atoms with Gasteiger partial charge in [0, 0.05) is 12.4 Å². The molecule has 4 aliphatic rings. The van der Waals surface area contributed by atoms with Gasteiger partial charge in [0.25, 0.3) is 0 Å². The van der Waals surface area contributed by atoms with Crippen LogP contribution in [0.4, 0.5) is 0 Å². The van der Waals surface area contributed by atoms with E-state index in [2.05, 4.69) is 43.1 Å². The van der Waals surface area contributed by atoms with Gasteiger partial charge in [0.2, 0.25) is 0 Å². The maximum atomic E-state index is 10.2. The lowest BCUT2D eigenvalue weighted by Crippen LogP contribution is -2.49. The van der Waals surface area contributed by atoms with Crippen molar-refractivity contribution in [2.75, 3.05) is 0 Å². The van der Waals surface area contributed by atoms with E-state index >= 15 is 0 Å². The topological polar surface area (TPSA) is 33.1 Å². The van der Waals surface area contributed by atoms with Crippen molar-refractivity contribution in [2.24, 2.45) is 28.6 Å². The number of aliphatic hydroxyl groups excluding tert-OH is 1. The average molecular weight is 350 g/mol. The standard InChI is InChI=1S/C24H31NO/c1-23-11-9-18(26)14-17(23)5-6-19-21-8-7-20(16-4-3-13-25-15-16)24(21,2)12-10-22(19)23/h3-5,7,13,15,18-19,21-22,26H,6,8-12,14H2,1-2H3/t18-,19?,21-,22-,23-,24+/m0/s1. The van der Waals surface area contributed by atoms with Crippen LogP contribution >= 0.6 is 0 Å². The predicted molar refractivity (Wildman–Crippen MR) is 105 cm³/mol. The van der Waals surface area contributed by atoms with E-state index in [1.54, 1.807) is 11.1 Å². The molecule has 0 radical (unpaired) electrons. The minimum absolute atomic E-state index is 0.106. The predicted octanol–water partition coefficient (Wildman–Crippen LogP) is 5.40. The molecule has 5 rings (SSSR count). The first kappa shape index (κ1) is 16.7. The van der Waals surface area contributed by atoms with E-state index < -0.39 is 0 Å². The molecule has 26 heavy (non-hydrogen) atoms. The summed E-state index contributed by atoms with van der Waals surface area (Å²) in [5, 5.41) is 10.2. The molecule has 1 heterocycles. The van der Waals surface area contributed by atoms with Crippen LogP contribution in [0.5, 0.6) is 0 Å². The maximum absolute atomic E-state index is 10.2. The zero-order valence-corrected chi connectivity index (χ0v) is 16.1. The summed E-state index contributed by atoms with van der Waals surface area (Å²) < 4.78 is 0. The third-order valence-electron chi connectivity index (χ3n) is 8.63. The fourth-order valence-corrected chi connectivity index (χ4v) is 7.18. The van der Waals surface area contributed by atoms with Crippen LogP contribution in [0.1, 0.15) is 64.4 Å². The van der Waals surface area contributed by atoms with Crippen molar-refractivity contribution in [3.05, 3.63) is 47.8 Å². The number of rotatable bonds is 1. The summed E-state index contributed by atoms with van der Waals surface area (Å²) in [5.41, 5.74) is 5.09. The number of pyridine rings is 1. The van der Waals surface area contributed by atoms with Crippen molar-refractivity contribution < 1.29 is 5.11 Å². The summed E-state index contributed by atoms with van der Waals surface area (Å²) in [5.74, 6) is 2.36. The summed E-state index contributed by atoms with van der Waals surface area (Å²) >= 11 is 0. The molecular formula is C24H31NO. The van der Waals surface area contributed by atoms with E-state index in [0.717, 1.165) is 30.6 Å². The number of allylic oxidation sites excluding steroid dienone is 3. The van der Waals surface area contributed by atoms with Gasteiger partial charge in [0.1, 0.15) is 0 Å². The lowest BCUT2D eigenvalue weighted by molar-refractivity contribution is -0.0238. The third kappa shape index (κ3) is 2.24. The molecule has 2 nitrogen and oxygen atoms in total. The van der Waals surface area contributed by atoms with E-state index in [4.69, 9.17) is 0 Å². The van der Waals surface area contributed by atoms with E-state index in [1.165, 1.54) is 37.7 Å². The number of hydrogen-bond acceptors (Lipinski definition) is 2. The van der Waals surface area contributed by atoms with E-state index in [9.17, 15) is 5.11 Å². The highest BCUT2D eigenvalue weighted by Crippen LogP contribution is 2.66. The summed E-state index contributed by atoms with van der Waals surface area (Å²) in [4.78, 5) is 4.38. The SMILES string of the molecule is C[C@]12CC[C@H](O)CC1=CCC1[C@@H]2CC[C@]2(C)C(c3cccnc3)=CC[C@@H]12. The summed E-state index contributed by atoms with van der Waals surface area (Å²) in [6.45, 7) is 5.03. The van der Waals surface area contributed by atoms with Gasteiger partial charge in [-0.05, 0) is 90.7 Å². The Morgan fingerprint density at radius 1 is 1.04 bits per heavy atom. The fraction of sp³-hybridized carbons (Fsp3) is 0.625. The second kappa shape index (κ2) is 5.79. The van der Waals surface area contributed by atoms with Crippen LogP contribution in [0.3, 0.4) is 0 Å². The number of aliphatic hydroxyl groups is 1. The van der Waals surface area contributed by atoms with Crippen molar-refractivity contribution in [1.29, 1.82) is 0 Å². The lowest BCUT2D eigenvalue weighted by Gasteiger charge is -2.57. The molecule has 0 bridgehead atoms. The van der Waals surface area contributed by atoms with Crippen LogP contribution in [-0.2, 0) is 0 Å². The molecule has 1 aromatic rings.